The van der Waals surface area contributed by atoms with E-state index in [9.17, 15) is 0 Å². The zero-order valence-electron chi connectivity index (χ0n) is 49.3. The molecular formula is C84H63N3. The summed E-state index contributed by atoms with van der Waals surface area (Å²) in [6.45, 7) is 9.50. The zero-order valence-corrected chi connectivity index (χ0v) is 49.3. The summed E-state index contributed by atoms with van der Waals surface area (Å²) in [6.07, 6.45) is 0. The standard InChI is InChI=1S/C84H63N3/c1-83(2)77-29-17-14-26-71(77)73-47-45-67(54-79(73)83)85(65-41-36-58(37-42-65)56-20-8-5-9-21-56)69-50-63(61-34-32-60(33-35-61)62-40-49-82-76(52-62)75-28-16-19-31-81(75)87(82)64-24-12-7-13-25-64)51-70(53-69)86(66-43-38-59(39-44-66)57-22-10-6-11-23-57)68-46-48-74-72-27-15-18-30-78(72)84(3,4)80(74)55-68/h5-55H,1-4H3. The lowest BCUT2D eigenvalue weighted by Gasteiger charge is -2.32. The Morgan fingerprint density at radius 3 is 1.11 bits per heavy atom. The first-order chi connectivity index (χ1) is 42.6. The fourth-order valence-electron chi connectivity index (χ4n) is 14.3. The van der Waals surface area contributed by atoms with Crippen LogP contribution in [0, 0.1) is 0 Å². The summed E-state index contributed by atoms with van der Waals surface area (Å²) in [5, 5.41) is 2.48. The number of hydrogen-bond acceptors (Lipinski definition) is 2. The van der Waals surface area contributed by atoms with Crippen molar-refractivity contribution in [3.63, 3.8) is 0 Å². The van der Waals surface area contributed by atoms with E-state index in [4.69, 9.17) is 0 Å². The second-order valence-corrected chi connectivity index (χ2v) is 24.5. The molecule has 0 bridgehead atoms. The molecule has 3 heteroatoms. The Labute approximate surface area is 510 Å². The number of nitrogens with zero attached hydrogens (tertiary/aromatic N) is 3. The molecule has 87 heavy (non-hydrogen) atoms. The van der Waals surface area contributed by atoms with Gasteiger partial charge in [-0.15, -0.1) is 0 Å². The Morgan fingerprint density at radius 1 is 0.230 bits per heavy atom. The van der Waals surface area contributed by atoms with Crippen molar-refractivity contribution in [3.8, 4) is 72.4 Å². The minimum Gasteiger partial charge on any atom is -0.310 e. The van der Waals surface area contributed by atoms with Crippen LogP contribution in [0.4, 0.5) is 34.1 Å². The van der Waals surface area contributed by atoms with Gasteiger partial charge in [0, 0.05) is 61.4 Å². The first-order valence-corrected chi connectivity index (χ1v) is 30.4. The second kappa shape index (κ2) is 20.5. The van der Waals surface area contributed by atoms with Crippen LogP contribution < -0.4 is 9.80 Å². The molecule has 2 aliphatic carbocycles. The fourth-order valence-corrected chi connectivity index (χ4v) is 14.3. The third-order valence-electron chi connectivity index (χ3n) is 18.8. The molecule has 1 heterocycles. The number of benzene rings is 13. The van der Waals surface area contributed by atoms with Gasteiger partial charge in [-0.2, -0.15) is 0 Å². The summed E-state index contributed by atoms with van der Waals surface area (Å²) in [5.74, 6) is 0. The number of rotatable bonds is 11. The minimum atomic E-state index is -0.202. The van der Waals surface area contributed by atoms with E-state index >= 15 is 0 Å². The summed E-state index contributed by atoms with van der Waals surface area (Å²) in [6, 6.07) is 115. The monoisotopic (exact) mass is 1110 g/mol. The molecule has 0 amide bonds. The maximum Gasteiger partial charge on any atom is 0.0541 e. The lowest BCUT2D eigenvalue weighted by atomic mass is 9.82. The van der Waals surface area contributed by atoms with Gasteiger partial charge in [0.1, 0.15) is 0 Å². The van der Waals surface area contributed by atoms with Crippen LogP contribution in [0.3, 0.4) is 0 Å². The second-order valence-electron chi connectivity index (χ2n) is 24.5. The molecular weight excluding hydrogens is 1050 g/mol. The van der Waals surface area contributed by atoms with Crippen molar-refractivity contribution >= 4 is 55.9 Å². The predicted octanol–water partition coefficient (Wildman–Crippen LogP) is 23.0. The molecule has 0 aliphatic heterocycles. The number of aromatic nitrogens is 1. The highest BCUT2D eigenvalue weighted by Gasteiger charge is 2.37. The molecule has 0 atom stereocenters. The maximum absolute atomic E-state index is 2.48. The van der Waals surface area contributed by atoms with Crippen LogP contribution in [0.15, 0.2) is 309 Å². The van der Waals surface area contributed by atoms with Gasteiger partial charge in [-0.05, 0) is 186 Å². The Bertz CT molecular complexity index is 4730. The quantitative estimate of drug-likeness (QED) is 0.128. The summed E-state index contributed by atoms with van der Waals surface area (Å²) in [4.78, 5) is 4.96. The van der Waals surface area contributed by atoms with Gasteiger partial charge < -0.3 is 14.4 Å². The summed E-state index contributed by atoms with van der Waals surface area (Å²) >= 11 is 0. The molecule has 0 radical (unpaired) electrons. The first kappa shape index (κ1) is 51.9. The maximum atomic E-state index is 2.48. The summed E-state index contributed by atoms with van der Waals surface area (Å²) in [7, 11) is 0. The Morgan fingerprint density at radius 2 is 0.598 bits per heavy atom. The molecule has 0 saturated carbocycles. The molecule has 2 aliphatic rings. The highest BCUT2D eigenvalue weighted by Crippen LogP contribution is 2.54. The van der Waals surface area contributed by atoms with Gasteiger partial charge in [0.15, 0.2) is 0 Å². The summed E-state index contributed by atoms with van der Waals surface area (Å²) in [5.41, 5.74) is 29.4. The first-order valence-electron chi connectivity index (χ1n) is 30.4. The summed E-state index contributed by atoms with van der Waals surface area (Å²) < 4.78 is 2.38. The van der Waals surface area contributed by atoms with Crippen molar-refractivity contribution in [1.29, 1.82) is 0 Å². The number of hydrogen-bond donors (Lipinski definition) is 0. The minimum absolute atomic E-state index is 0.202. The molecule has 0 spiro atoms. The average molecular weight is 1110 g/mol. The highest BCUT2D eigenvalue weighted by molar-refractivity contribution is 6.10. The van der Waals surface area contributed by atoms with Gasteiger partial charge in [0.05, 0.1) is 11.0 Å². The third-order valence-corrected chi connectivity index (χ3v) is 18.8. The lowest BCUT2D eigenvalue weighted by Crippen LogP contribution is -2.17. The molecule has 0 fully saturated rings. The normalized spacial score (nSPS) is 13.2. The molecule has 13 aromatic carbocycles. The Balaban J connectivity index is 0.900. The van der Waals surface area contributed by atoms with Crippen LogP contribution >= 0.6 is 0 Å². The highest BCUT2D eigenvalue weighted by atomic mass is 15.2. The Hall–Kier alpha value is -10.7. The SMILES string of the molecule is CC1(C)c2ccccc2-c2ccc(N(c3ccc(-c4ccccc4)cc3)c3cc(-c4ccc(-c5ccc6c(c5)c5ccccc5n6-c5ccccc5)cc4)cc(N(c4ccc(-c5ccccc5)cc4)c4ccc5c(c4)C(C)(C)c4ccccc4-5)c3)cc21. The van der Waals surface area contributed by atoms with Gasteiger partial charge in [0.2, 0.25) is 0 Å². The molecule has 414 valence electrons. The van der Waals surface area contributed by atoms with Crippen molar-refractivity contribution in [1.82, 2.24) is 4.57 Å². The largest absolute Gasteiger partial charge is 0.310 e. The third kappa shape index (κ3) is 8.72. The fraction of sp³-hybridized carbons (Fsp3) is 0.0714. The van der Waals surface area contributed by atoms with Gasteiger partial charge in [-0.1, -0.05) is 240 Å². The van der Waals surface area contributed by atoms with Crippen LogP contribution in [0.1, 0.15) is 49.9 Å². The molecule has 3 nitrogen and oxygen atoms in total. The number of para-hydroxylation sites is 2. The predicted molar refractivity (Wildman–Crippen MR) is 367 cm³/mol. The van der Waals surface area contributed by atoms with Gasteiger partial charge >= 0.3 is 0 Å². The van der Waals surface area contributed by atoms with E-state index in [1.54, 1.807) is 0 Å². The molecule has 1 aromatic heterocycles. The Kier molecular flexibility index (Phi) is 12.2. The van der Waals surface area contributed by atoms with E-state index in [0.717, 1.165) is 56.5 Å². The van der Waals surface area contributed by atoms with Crippen molar-refractivity contribution in [2.45, 2.75) is 38.5 Å². The average Bonchev–Trinajstić information content (AvgIpc) is 1.74. The molecule has 16 rings (SSSR count). The van der Waals surface area contributed by atoms with Crippen LogP contribution in [0.5, 0.6) is 0 Å². The number of fused-ring (bicyclic) bond motifs is 9. The molecule has 0 unspecified atom stereocenters. The molecule has 0 N–H and O–H groups in total. The van der Waals surface area contributed by atoms with E-state index in [1.807, 2.05) is 0 Å². The van der Waals surface area contributed by atoms with Gasteiger partial charge in [-0.3, -0.25) is 0 Å². The van der Waals surface area contributed by atoms with Gasteiger partial charge in [-0.25, -0.2) is 0 Å². The van der Waals surface area contributed by atoms with E-state index in [-0.39, 0.29) is 10.8 Å². The van der Waals surface area contributed by atoms with Crippen molar-refractivity contribution in [2.75, 3.05) is 9.80 Å². The molecule has 0 saturated heterocycles. The zero-order chi connectivity index (χ0) is 58.4. The topological polar surface area (TPSA) is 11.4 Å². The van der Waals surface area contributed by atoms with E-state index < -0.39 is 0 Å². The number of anilines is 6. The van der Waals surface area contributed by atoms with Crippen molar-refractivity contribution in [2.24, 2.45) is 0 Å². The van der Waals surface area contributed by atoms with E-state index in [1.165, 1.54) is 94.1 Å². The molecule has 14 aromatic rings. The van der Waals surface area contributed by atoms with Gasteiger partial charge in [0.25, 0.3) is 0 Å². The van der Waals surface area contributed by atoms with E-state index in [2.05, 4.69) is 351 Å². The lowest BCUT2D eigenvalue weighted by molar-refractivity contribution is 0.660. The van der Waals surface area contributed by atoms with Crippen LogP contribution in [0.25, 0.3) is 94.3 Å². The van der Waals surface area contributed by atoms with Crippen LogP contribution in [-0.4, -0.2) is 4.57 Å². The van der Waals surface area contributed by atoms with Crippen molar-refractivity contribution < 1.29 is 0 Å². The van der Waals surface area contributed by atoms with Crippen LogP contribution in [0.2, 0.25) is 0 Å². The van der Waals surface area contributed by atoms with Crippen LogP contribution in [-0.2, 0) is 10.8 Å². The van der Waals surface area contributed by atoms with Crippen molar-refractivity contribution in [3.05, 3.63) is 332 Å². The smallest absolute Gasteiger partial charge is 0.0541 e. The van der Waals surface area contributed by atoms with E-state index in [0.29, 0.717) is 0 Å².